The van der Waals surface area contributed by atoms with Gasteiger partial charge < -0.3 is 24.4 Å². The van der Waals surface area contributed by atoms with Crippen LogP contribution in [0.2, 0.25) is 0 Å². The molecule has 2 unspecified atom stereocenters. The average Bonchev–Trinajstić information content (AvgIpc) is 3.64. The molecule has 5 rings (SSSR count). The summed E-state index contributed by atoms with van der Waals surface area (Å²) in [6.07, 6.45) is 9.57. The Morgan fingerprint density at radius 2 is 1.84 bits per heavy atom. The average molecular weight is 603 g/mol. The number of carbonyl (C=O) groups is 3. The van der Waals surface area contributed by atoms with Crippen molar-refractivity contribution in [2.45, 2.75) is 82.0 Å². The first-order valence-corrected chi connectivity index (χ1v) is 16.2. The highest BCUT2D eigenvalue weighted by Crippen LogP contribution is 2.64. The molecule has 2 aromatic rings. The minimum absolute atomic E-state index is 0.126. The zero-order valence-corrected chi connectivity index (χ0v) is 25.9. The second-order valence-electron chi connectivity index (χ2n) is 12.4. The van der Waals surface area contributed by atoms with Crippen LogP contribution in [0, 0.1) is 11.8 Å². The van der Waals surface area contributed by atoms with Gasteiger partial charge in [-0.2, -0.15) is 0 Å². The summed E-state index contributed by atoms with van der Waals surface area (Å²) in [6.45, 7) is 10.7. The third-order valence-electron chi connectivity index (χ3n) is 9.90. The number of likely N-dealkylation sites (tertiary alicyclic amines) is 1. The molecule has 1 spiro atoms. The number of esters is 1. The van der Waals surface area contributed by atoms with Crippen molar-refractivity contribution in [1.29, 1.82) is 0 Å². The fourth-order valence-corrected chi connectivity index (χ4v) is 7.78. The molecule has 0 radical (unpaired) electrons. The quantitative estimate of drug-likeness (QED) is 0.153. The van der Waals surface area contributed by atoms with Crippen molar-refractivity contribution < 1.29 is 29.0 Å². The Balaban J connectivity index is 1.52. The second kappa shape index (κ2) is 13.7. The van der Waals surface area contributed by atoms with Gasteiger partial charge in [0.25, 0.3) is 5.91 Å². The molecule has 0 saturated carbocycles. The first kappa shape index (κ1) is 31.9. The van der Waals surface area contributed by atoms with Gasteiger partial charge in [0.05, 0.1) is 18.1 Å². The zero-order valence-electron chi connectivity index (χ0n) is 25.9. The SMILES string of the molecule is C=CCCCOC(=O)[C@H]1[C@H]2C(=O)N(CCCCCCO)C(C(=O)N(CC=C)c3ccc4ccccc4c3)C23CC[C@]1(CC)O3. The summed E-state index contributed by atoms with van der Waals surface area (Å²) in [5.41, 5.74) is -1.23. The summed E-state index contributed by atoms with van der Waals surface area (Å²) in [6, 6.07) is 13.0. The molecule has 3 aliphatic heterocycles. The fourth-order valence-electron chi connectivity index (χ4n) is 7.78. The van der Waals surface area contributed by atoms with E-state index in [1.165, 1.54) is 0 Å². The lowest BCUT2D eigenvalue weighted by Gasteiger charge is -2.37. The molecule has 3 aliphatic rings. The van der Waals surface area contributed by atoms with Crippen molar-refractivity contribution in [2.75, 3.05) is 31.2 Å². The summed E-state index contributed by atoms with van der Waals surface area (Å²) in [4.78, 5) is 46.4. The lowest BCUT2D eigenvalue weighted by Crippen LogP contribution is -2.56. The number of hydrogen-bond acceptors (Lipinski definition) is 6. The number of amides is 2. The highest BCUT2D eigenvalue weighted by Gasteiger charge is 2.79. The molecule has 236 valence electrons. The molecule has 0 aliphatic carbocycles. The third-order valence-corrected chi connectivity index (χ3v) is 9.90. The van der Waals surface area contributed by atoms with Gasteiger partial charge in [0.15, 0.2) is 0 Å². The first-order valence-electron chi connectivity index (χ1n) is 16.2. The maximum atomic E-state index is 14.8. The number of rotatable bonds is 16. The molecule has 5 atom stereocenters. The Morgan fingerprint density at radius 1 is 1.07 bits per heavy atom. The number of aliphatic hydroxyl groups is 1. The minimum Gasteiger partial charge on any atom is -0.465 e. The molecule has 44 heavy (non-hydrogen) atoms. The van der Waals surface area contributed by atoms with Crippen molar-refractivity contribution in [3.8, 4) is 0 Å². The van der Waals surface area contributed by atoms with E-state index in [4.69, 9.17) is 9.47 Å². The normalized spacial score (nSPS) is 27.0. The molecule has 8 nitrogen and oxygen atoms in total. The Morgan fingerprint density at radius 3 is 2.57 bits per heavy atom. The van der Waals surface area contributed by atoms with E-state index in [9.17, 15) is 19.5 Å². The lowest BCUT2D eigenvalue weighted by molar-refractivity contribution is -0.161. The van der Waals surface area contributed by atoms with E-state index in [0.717, 1.165) is 35.7 Å². The summed E-state index contributed by atoms with van der Waals surface area (Å²) >= 11 is 0. The fraction of sp³-hybridized carbons (Fsp3) is 0.528. The van der Waals surface area contributed by atoms with Crippen molar-refractivity contribution in [2.24, 2.45) is 11.8 Å². The summed E-state index contributed by atoms with van der Waals surface area (Å²) in [5.74, 6) is -2.38. The van der Waals surface area contributed by atoms with E-state index in [-0.39, 0.29) is 31.6 Å². The predicted molar refractivity (Wildman–Crippen MR) is 171 cm³/mol. The van der Waals surface area contributed by atoms with E-state index in [2.05, 4.69) is 13.2 Å². The molecule has 1 N–H and O–H groups in total. The first-order chi connectivity index (χ1) is 21.4. The lowest BCUT2D eigenvalue weighted by atomic mass is 9.65. The van der Waals surface area contributed by atoms with Gasteiger partial charge in [0.2, 0.25) is 5.91 Å². The van der Waals surface area contributed by atoms with E-state index >= 15 is 0 Å². The Hall–Kier alpha value is -3.49. The van der Waals surface area contributed by atoms with Crippen molar-refractivity contribution >= 4 is 34.2 Å². The summed E-state index contributed by atoms with van der Waals surface area (Å²) in [5, 5.41) is 11.3. The molecular formula is C36H46N2O6. The van der Waals surface area contributed by atoms with E-state index in [1.54, 1.807) is 22.0 Å². The molecule has 2 amide bonds. The van der Waals surface area contributed by atoms with Crippen LogP contribution in [0.4, 0.5) is 5.69 Å². The van der Waals surface area contributed by atoms with Crippen LogP contribution < -0.4 is 4.90 Å². The largest absolute Gasteiger partial charge is 0.465 e. The topological polar surface area (TPSA) is 96.4 Å². The number of unbranched alkanes of at least 4 members (excludes halogenated alkanes) is 4. The molecule has 3 fully saturated rings. The van der Waals surface area contributed by atoms with Crippen LogP contribution in [0.25, 0.3) is 10.8 Å². The Labute approximate surface area is 260 Å². The number of hydrogen-bond donors (Lipinski definition) is 1. The summed E-state index contributed by atoms with van der Waals surface area (Å²) < 4.78 is 12.7. The Bertz CT molecular complexity index is 1390. The maximum absolute atomic E-state index is 14.8. The number of ether oxygens (including phenoxy) is 2. The smallest absolute Gasteiger partial charge is 0.312 e. The van der Waals surface area contributed by atoms with Gasteiger partial charge >= 0.3 is 5.97 Å². The summed E-state index contributed by atoms with van der Waals surface area (Å²) in [7, 11) is 0. The zero-order chi connectivity index (χ0) is 31.3. The van der Waals surface area contributed by atoms with Crippen LogP contribution in [0.1, 0.15) is 64.7 Å². The van der Waals surface area contributed by atoms with Crippen LogP contribution in [0.5, 0.6) is 0 Å². The number of allylic oxidation sites excluding steroid dienone is 1. The van der Waals surface area contributed by atoms with E-state index < -0.39 is 35.0 Å². The number of fused-ring (bicyclic) bond motifs is 2. The van der Waals surface area contributed by atoms with Crippen molar-refractivity contribution in [1.82, 2.24) is 4.90 Å². The van der Waals surface area contributed by atoms with Crippen LogP contribution in [0.3, 0.4) is 0 Å². The number of benzene rings is 2. The molecule has 2 bridgehead atoms. The van der Waals surface area contributed by atoms with Gasteiger partial charge in [0.1, 0.15) is 17.6 Å². The van der Waals surface area contributed by atoms with Gasteiger partial charge in [-0.3, -0.25) is 14.4 Å². The van der Waals surface area contributed by atoms with E-state index in [1.807, 2.05) is 49.4 Å². The van der Waals surface area contributed by atoms with Crippen LogP contribution in [0.15, 0.2) is 67.8 Å². The highest BCUT2D eigenvalue weighted by molar-refractivity contribution is 6.05. The Kier molecular flexibility index (Phi) is 9.90. The number of aliphatic hydroxyl groups excluding tert-OH is 1. The van der Waals surface area contributed by atoms with Crippen LogP contribution >= 0.6 is 0 Å². The van der Waals surface area contributed by atoms with Gasteiger partial charge in [-0.15, -0.1) is 13.2 Å². The van der Waals surface area contributed by atoms with Gasteiger partial charge in [-0.1, -0.05) is 62.2 Å². The molecule has 3 saturated heterocycles. The van der Waals surface area contributed by atoms with Crippen molar-refractivity contribution in [3.05, 3.63) is 67.8 Å². The number of anilines is 1. The molecule has 2 aromatic carbocycles. The standard InChI is InChI=1S/C36H46N2O6/c1-4-7-14-24-43-34(42)30-29-32(40)38(22-12-8-9-13-23-39)31(36(29)20-19-35(30,6-3)44-36)33(41)37(21-5-2)28-18-17-26-15-10-11-16-27(26)25-28/h4-5,10-11,15-18,25,29-31,39H,1-2,6-9,12-14,19-24H2,3H3/t29-,30+,31?,35-,36?/m0/s1. The highest BCUT2D eigenvalue weighted by atomic mass is 16.6. The van der Waals surface area contributed by atoms with Gasteiger partial charge in [-0.25, -0.2) is 0 Å². The second-order valence-corrected chi connectivity index (χ2v) is 12.4. The molecule has 3 heterocycles. The minimum atomic E-state index is -1.11. The number of nitrogens with zero attached hydrogens (tertiary/aromatic N) is 2. The molecular weight excluding hydrogens is 556 g/mol. The molecule has 8 heteroatoms. The van der Waals surface area contributed by atoms with Crippen molar-refractivity contribution in [3.63, 3.8) is 0 Å². The van der Waals surface area contributed by atoms with Gasteiger partial charge in [0, 0.05) is 25.4 Å². The molecule has 0 aromatic heterocycles. The van der Waals surface area contributed by atoms with Gasteiger partial charge in [-0.05, 0) is 67.9 Å². The predicted octanol–water partition coefficient (Wildman–Crippen LogP) is 5.58. The maximum Gasteiger partial charge on any atom is 0.312 e. The van der Waals surface area contributed by atoms with E-state index in [0.29, 0.717) is 45.1 Å². The van der Waals surface area contributed by atoms with Crippen LogP contribution in [-0.2, 0) is 23.9 Å². The monoisotopic (exact) mass is 602 g/mol. The van der Waals surface area contributed by atoms with Crippen LogP contribution in [-0.4, -0.2) is 71.3 Å². The number of carbonyl (C=O) groups excluding carboxylic acids is 3. The third kappa shape index (κ3) is 5.58.